The van der Waals surface area contributed by atoms with Gasteiger partial charge in [-0.15, -0.1) is 0 Å². The molecule has 2 N–H and O–H groups in total. The first-order chi connectivity index (χ1) is 10.1. The first-order valence-electron chi connectivity index (χ1n) is 7.37. The van der Waals surface area contributed by atoms with E-state index in [1.54, 1.807) is 0 Å². The van der Waals surface area contributed by atoms with Crippen LogP contribution in [0.1, 0.15) is 29.7 Å². The van der Waals surface area contributed by atoms with Gasteiger partial charge in [-0.1, -0.05) is 59.3 Å². The van der Waals surface area contributed by atoms with Gasteiger partial charge in [0.1, 0.15) is 0 Å². The molecule has 2 nitrogen and oxygen atoms in total. The van der Waals surface area contributed by atoms with Gasteiger partial charge in [-0.2, -0.15) is 0 Å². The highest BCUT2D eigenvalue weighted by molar-refractivity contribution is 9.10. The lowest BCUT2D eigenvalue weighted by Crippen LogP contribution is -2.30. The maximum atomic E-state index is 6.00. The summed E-state index contributed by atoms with van der Waals surface area (Å²) >= 11 is 3.53. The number of benzene rings is 2. The van der Waals surface area contributed by atoms with Gasteiger partial charge in [0.15, 0.2) is 0 Å². The Morgan fingerprint density at radius 2 is 1.76 bits per heavy atom. The number of nitrogens with two attached hydrogens (primary N) is 1. The van der Waals surface area contributed by atoms with Crippen molar-refractivity contribution in [3.8, 4) is 0 Å². The Balaban J connectivity index is 2.10. The van der Waals surface area contributed by atoms with Gasteiger partial charge in [0.05, 0.1) is 0 Å². The van der Waals surface area contributed by atoms with E-state index in [4.69, 9.17) is 5.73 Å². The SMILES string of the molecule is CCc1ccc(CN(C)C(CN)c2cccc(Br)c2)cc1. The van der Waals surface area contributed by atoms with Crippen molar-refractivity contribution < 1.29 is 0 Å². The van der Waals surface area contributed by atoms with Crippen molar-refractivity contribution in [2.75, 3.05) is 13.6 Å². The van der Waals surface area contributed by atoms with Crippen molar-refractivity contribution in [1.29, 1.82) is 0 Å². The lowest BCUT2D eigenvalue weighted by molar-refractivity contribution is 0.242. The van der Waals surface area contributed by atoms with Crippen molar-refractivity contribution in [1.82, 2.24) is 4.90 Å². The van der Waals surface area contributed by atoms with Crippen molar-refractivity contribution in [3.63, 3.8) is 0 Å². The molecule has 0 heterocycles. The zero-order chi connectivity index (χ0) is 15.2. The second-order valence-corrected chi connectivity index (χ2v) is 6.31. The van der Waals surface area contributed by atoms with E-state index in [1.807, 2.05) is 6.07 Å². The number of likely N-dealkylation sites (N-methyl/N-ethyl adjacent to an activating group) is 1. The summed E-state index contributed by atoms with van der Waals surface area (Å²) in [7, 11) is 2.13. The van der Waals surface area contributed by atoms with Gasteiger partial charge in [0, 0.05) is 23.6 Å². The van der Waals surface area contributed by atoms with E-state index in [2.05, 4.69) is 77.3 Å². The minimum Gasteiger partial charge on any atom is -0.329 e. The Bertz CT molecular complexity index is 566. The van der Waals surface area contributed by atoms with E-state index in [9.17, 15) is 0 Å². The standard InChI is InChI=1S/C18H23BrN2/c1-3-14-7-9-15(10-8-14)13-21(2)18(12-20)16-5-4-6-17(19)11-16/h4-11,18H,3,12-13,20H2,1-2H3. The maximum Gasteiger partial charge on any atom is 0.0471 e. The predicted molar refractivity (Wildman–Crippen MR) is 93.2 cm³/mol. The number of hydrogen-bond acceptors (Lipinski definition) is 2. The molecule has 2 aromatic rings. The molecule has 0 fully saturated rings. The number of aryl methyl sites for hydroxylation is 1. The second-order valence-electron chi connectivity index (χ2n) is 5.39. The molecule has 0 aliphatic rings. The van der Waals surface area contributed by atoms with Crippen LogP contribution in [0.4, 0.5) is 0 Å². The van der Waals surface area contributed by atoms with Crippen LogP contribution in [0, 0.1) is 0 Å². The highest BCUT2D eigenvalue weighted by atomic mass is 79.9. The molecule has 0 bridgehead atoms. The van der Waals surface area contributed by atoms with Crippen LogP contribution in [0.5, 0.6) is 0 Å². The molecule has 1 unspecified atom stereocenters. The smallest absolute Gasteiger partial charge is 0.0471 e. The summed E-state index contributed by atoms with van der Waals surface area (Å²) < 4.78 is 1.10. The van der Waals surface area contributed by atoms with E-state index in [-0.39, 0.29) is 6.04 Å². The van der Waals surface area contributed by atoms with Crippen LogP contribution in [0.25, 0.3) is 0 Å². The van der Waals surface area contributed by atoms with Gasteiger partial charge < -0.3 is 5.73 Å². The molecule has 0 saturated carbocycles. The van der Waals surface area contributed by atoms with E-state index in [0.29, 0.717) is 6.54 Å². The zero-order valence-electron chi connectivity index (χ0n) is 12.7. The fourth-order valence-electron chi connectivity index (χ4n) is 2.56. The highest BCUT2D eigenvalue weighted by Crippen LogP contribution is 2.23. The third-order valence-electron chi connectivity index (χ3n) is 3.85. The molecular formula is C18H23BrN2. The molecule has 0 spiro atoms. The zero-order valence-corrected chi connectivity index (χ0v) is 14.3. The Kier molecular flexibility index (Phi) is 5.97. The first kappa shape index (κ1) is 16.2. The van der Waals surface area contributed by atoms with Crippen molar-refractivity contribution in [3.05, 3.63) is 69.7 Å². The van der Waals surface area contributed by atoms with Gasteiger partial charge in [-0.05, 0) is 42.3 Å². The fourth-order valence-corrected chi connectivity index (χ4v) is 2.98. The predicted octanol–water partition coefficient (Wildman–Crippen LogP) is 4.14. The summed E-state index contributed by atoms with van der Waals surface area (Å²) in [6.45, 7) is 3.69. The first-order valence-corrected chi connectivity index (χ1v) is 8.17. The summed E-state index contributed by atoms with van der Waals surface area (Å²) in [6.07, 6.45) is 1.08. The molecule has 0 aliphatic heterocycles. The summed E-state index contributed by atoms with van der Waals surface area (Å²) in [5, 5.41) is 0. The van der Waals surface area contributed by atoms with Crippen molar-refractivity contribution in [2.45, 2.75) is 25.9 Å². The Hall–Kier alpha value is -1.16. The second kappa shape index (κ2) is 7.74. The molecule has 1 atom stereocenters. The third-order valence-corrected chi connectivity index (χ3v) is 4.35. The molecule has 0 aromatic heterocycles. The van der Waals surface area contributed by atoms with E-state index in [0.717, 1.165) is 17.4 Å². The van der Waals surface area contributed by atoms with E-state index in [1.165, 1.54) is 16.7 Å². The monoisotopic (exact) mass is 346 g/mol. The number of rotatable bonds is 6. The molecule has 0 radical (unpaired) electrons. The largest absolute Gasteiger partial charge is 0.329 e. The fraction of sp³-hybridized carbons (Fsp3) is 0.333. The van der Waals surface area contributed by atoms with Crippen LogP contribution in [0.2, 0.25) is 0 Å². The average molecular weight is 347 g/mol. The van der Waals surface area contributed by atoms with Gasteiger partial charge in [0.2, 0.25) is 0 Å². The van der Waals surface area contributed by atoms with Crippen LogP contribution in [-0.4, -0.2) is 18.5 Å². The van der Waals surface area contributed by atoms with Crippen molar-refractivity contribution in [2.24, 2.45) is 5.73 Å². The van der Waals surface area contributed by atoms with Crippen LogP contribution in [0.3, 0.4) is 0 Å². The van der Waals surface area contributed by atoms with Gasteiger partial charge in [0.25, 0.3) is 0 Å². The minimum absolute atomic E-state index is 0.230. The van der Waals surface area contributed by atoms with Crippen LogP contribution in [0.15, 0.2) is 53.0 Å². The summed E-state index contributed by atoms with van der Waals surface area (Å²) in [5.74, 6) is 0. The third kappa shape index (κ3) is 4.40. The van der Waals surface area contributed by atoms with E-state index >= 15 is 0 Å². The number of halogens is 1. The summed E-state index contributed by atoms with van der Waals surface area (Å²) in [6, 6.07) is 17.5. The molecule has 0 saturated heterocycles. The van der Waals surface area contributed by atoms with Crippen LogP contribution < -0.4 is 5.73 Å². The van der Waals surface area contributed by atoms with E-state index < -0.39 is 0 Å². The summed E-state index contributed by atoms with van der Waals surface area (Å²) in [5.41, 5.74) is 9.95. The lowest BCUT2D eigenvalue weighted by atomic mass is 10.0. The normalized spacial score (nSPS) is 12.6. The molecule has 3 heteroatoms. The van der Waals surface area contributed by atoms with Crippen LogP contribution >= 0.6 is 15.9 Å². The Morgan fingerprint density at radius 1 is 1.10 bits per heavy atom. The molecule has 112 valence electrons. The van der Waals surface area contributed by atoms with Crippen molar-refractivity contribution >= 4 is 15.9 Å². The molecular weight excluding hydrogens is 324 g/mol. The minimum atomic E-state index is 0.230. The quantitative estimate of drug-likeness (QED) is 0.851. The highest BCUT2D eigenvalue weighted by Gasteiger charge is 2.15. The van der Waals surface area contributed by atoms with Crippen LogP contribution in [-0.2, 0) is 13.0 Å². The topological polar surface area (TPSA) is 29.3 Å². The average Bonchev–Trinajstić information content (AvgIpc) is 2.49. The Labute approximate surface area is 136 Å². The lowest BCUT2D eigenvalue weighted by Gasteiger charge is -2.27. The van der Waals surface area contributed by atoms with Gasteiger partial charge in [-0.25, -0.2) is 0 Å². The van der Waals surface area contributed by atoms with Gasteiger partial charge in [-0.3, -0.25) is 4.90 Å². The van der Waals surface area contributed by atoms with Gasteiger partial charge >= 0.3 is 0 Å². The summed E-state index contributed by atoms with van der Waals surface area (Å²) in [4.78, 5) is 2.31. The molecule has 2 rings (SSSR count). The number of hydrogen-bond donors (Lipinski definition) is 1. The number of nitrogens with zero attached hydrogens (tertiary/aromatic N) is 1. The molecule has 21 heavy (non-hydrogen) atoms. The molecule has 0 amide bonds. The molecule has 0 aliphatic carbocycles. The maximum absolute atomic E-state index is 6.00. The molecule has 2 aromatic carbocycles. The Morgan fingerprint density at radius 3 is 2.33 bits per heavy atom.